The molecule has 1 fully saturated rings. The van der Waals surface area contributed by atoms with E-state index in [1.807, 2.05) is 65.7 Å². The summed E-state index contributed by atoms with van der Waals surface area (Å²) in [5.74, 6) is 0.765. The quantitative estimate of drug-likeness (QED) is 0.374. The fourth-order valence-corrected chi connectivity index (χ4v) is 5.22. The molecule has 0 aliphatic carbocycles. The fraction of sp³-hybridized carbons (Fsp3) is 0.214. The van der Waals surface area contributed by atoms with E-state index in [0.717, 1.165) is 39.7 Å². The van der Waals surface area contributed by atoms with E-state index < -0.39 is 0 Å². The summed E-state index contributed by atoms with van der Waals surface area (Å²) in [5, 5.41) is 6.94. The van der Waals surface area contributed by atoms with Gasteiger partial charge in [-0.25, -0.2) is 4.98 Å². The zero-order chi connectivity index (χ0) is 25.2. The number of carbonyl (C=O) groups excluding carboxylic acids is 1. The van der Waals surface area contributed by atoms with Gasteiger partial charge in [0.2, 0.25) is 5.91 Å². The van der Waals surface area contributed by atoms with E-state index in [1.165, 1.54) is 0 Å². The zero-order valence-electron chi connectivity index (χ0n) is 20.5. The fourth-order valence-electron chi connectivity index (χ4n) is 4.92. The van der Waals surface area contributed by atoms with Gasteiger partial charge in [0, 0.05) is 29.5 Å². The lowest BCUT2D eigenvalue weighted by atomic mass is 9.96. The number of aryl methyl sites for hydroxylation is 2. The maximum Gasteiger partial charge on any atom is 0.244 e. The van der Waals surface area contributed by atoms with Crippen LogP contribution in [0.15, 0.2) is 79.1 Å². The molecule has 1 aliphatic heterocycles. The molecule has 8 heteroatoms. The molecule has 4 heterocycles. The molecule has 3 aromatic heterocycles. The van der Waals surface area contributed by atoms with Gasteiger partial charge >= 0.3 is 0 Å². The lowest BCUT2D eigenvalue weighted by Crippen LogP contribution is -2.37. The third kappa shape index (κ3) is 4.47. The molecule has 2 N–H and O–H groups in total. The summed E-state index contributed by atoms with van der Waals surface area (Å²) in [7, 11) is 0. The minimum atomic E-state index is -0.224. The molecule has 1 saturated heterocycles. The lowest BCUT2D eigenvalue weighted by molar-refractivity contribution is -0.116. The number of carbonyl (C=O) groups is 1. The Morgan fingerprint density at radius 3 is 2.47 bits per heavy atom. The first-order valence-corrected chi connectivity index (χ1v) is 12.3. The first-order chi connectivity index (χ1) is 17.4. The summed E-state index contributed by atoms with van der Waals surface area (Å²) in [4.78, 5) is 24.3. The van der Waals surface area contributed by atoms with Crippen molar-refractivity contribution in [2.24, 2.45) is 0 Å². The van der Waals surface area contributed by atoms with Gasteiger partial charge in [0.05, 0.1) is 17.8 Å². The number of nitrogens with one attached hydrogen (secondary N) is 2. The van der Waals surface area contributed by atoms with Crippen LogP contribution in [0.3, 0.4) is 0 Å². The highest BCUT2D eigenvalue weighted by Gasteiger charge is 2.42. The van der Waals surface area contributed by atoms with Crippen molar-refractivity contribution in [3.63, 3.8) is 0 Å². The topological polar surface area (TPSA) is 75.1 Å². The maximum absolute atomic E-state index is 13.1. The Bertz CT molecular complexity index is 1400. The van der Waals surface area contributed by atoms with Gasteiger partial charge in [-0.1, -0.05) is 30.3 Å². The Labute approximate surface area is 216 Å². The van der Waals surface area contributed by atoms with E-state index in [4.69, 9.17) is 12.2 Å². The normalized spacial score (nSPS) is 17.2. The molecule has 1 aromatic carbocycles. The number of thiocarbonyl (C=S) groups is 1. The molecule has 2 atom stereocenters. The van der Waals surface area contributed by atoms with E-state index in [1.54, 1.807) is 6.20 Å². The summed E-state index contributed by atoms with van der Waals surface area (Å²) in [6.07, 6.45) is 3.59. The summed E-state index contributed by atoms with van der Waals surface area (Å²) < 4.78 is 2.17. The van der Waals surface area contributed by atoms with Crippen molar-refractivity contribution >= 4 is 28.9 Å². The molecule has 0 bridgehead atoms. The van der Waals surface area contributed by atoms with E-state index in [2.05, 4.69) is 58.1 Å². The second-order valence-corrected chi connectivity index (χ2v) is 9.36. The molecule has 0 unspecified atom stereocenters. The lowest BCUT2D eigenvalue weighted by Gasteiger charge is -2.27. The van der Waals surface area contributed by atoms with Crippen molar-refractivity contribution in [1.82, 2.24) is 24.8 Å². The van der Waals surface area contributed by atoms with E-state index in [-0.39, 0.29) is 24.5 Å². The second-order valence-electron chi connectivity index (χ2n) is 8.97. The zero-order valence-corrected chi connectivity index (χ0v) is 21.3. The molecule has 7 nitrogen and oxygen atoms in total. The number of nitrogens with zero attached hydrogens (tertiary/aromatic N) is 4. The van der Waals surface area contributed by atoms with Crippen LogP contribution < -0.4 is 10.6 Å². The molecule has 4 aromatic rings. The van der Waals surface area contributed by atoms with E-state index in [9.17, 15) is 4.79 Å². The molecule has 5 rings (SSSR count). The largest absolute Gasteiger partial charge is 0.352 e. The number of amides is 1. The molecule has 1 aliphatic rings. The molecule has 1 amide bonds. The number of anilines is 1. The Balaban J connectivity index is 1.55. The van der Waals surface area contributed by atoms with Crippen LogP contribution in [0.5, 0.6) is 0 Å². The van der Waals surface area contributed by atoms with Crippen LogP contribution in [0.1, 0.15) is 40.3 Å². The van der Waals surface area contributed by atoms with Crippen LogP contribution in [0, 0.1) is 20.8 Å². The van der Waals surface area contributed by atoms with Crippen molar-refractivity contribution in [3.05, 3.63) is 107 Å². The van der Waals surface area contributed by atoms with Crippen LogP contribution in [0.25, 0.3) is 5.82 Å². The van der Waals surface area contributed by atoms with Crippen molar-refractivity contribution in [2.75, 3.05) is 11.9 Å². The number of hydrogen-bond donors (Lipinski definition) is 2. The highest BCUT2D eigenvalue weighted by Crippen LogP contribution is 2.41. The number of benzene rings is 1. The van der Waals surface area contributed by atoms with Crippen LogP contribution >= 0.6 is 12.2 Å². The van der Waals surface area contributed by atoms with Crippen molar-refractivity contribution < 1.29 is 4.79 Å². The Morgan fingerprint density at radius 2 is 1.75 bits per heavy atom. The second kappa shape index (κ2) is 9.91. The number of para-hydroxylation sites is 1. The standard InChI is InChI=1S/C28H28N6OS/c1-18-10-9-15-30-27(18)34-19(2)16-22(20(34)3)26-25(23-13-7-8-14-29-23)32-28(36)33(26)17-24(35)31-21-11-5-4-6-12-21/h4-16,25-26H,17H2,1-3H3,(H,31,35)(H,32,36)/t25-,26-/m1/s1. The van der Waals surface area contributed by atoms with Crippen LogP contribution in [-0.2, 0) is 4.79 Å². The minimum absolute atomic E-state index is 0.112. The third-order valence-corrected chi connectivity index (χ3v) is 6.90. The van der Waals surface area contributed by atoms with Crippen molar-refractivity contribution in [3.8, 4) is 5.82 Å². The van der Waals surface area contributed by atoms with Crippen LogP contribution in [-0.4, -0.2) is 37.0 Å². The Kier molecular flexibility index (Phi) is 6.52. The van der Waals surface area contributed by atoms with Crippen molar-refractivity contribution in [1.29, 1.82) is 0 Å². The highest BCUT2D eigenvalue weighted by molar-refractivity contribution is 7.80. The van der Waals surface area contributed by atoms with Gasteiger partial charge in [0.15, 0.2) is 5.11 Å². The molecule has 36 heavy (non-hydrogen) atoms. The van der Waals surface area contributed by atoms with Gasteiger partial charge < -0.3 is 20.1 Å². The van der Waals surface area contributed by atoms with Gasteiger partial charge in [0.25, 0.3) is 0 Å². The predicted molar refractivity (Wildman–Crippen MR) is 145 cm³/mol. The van der Waals surface area contributed by atoms with Gasteiger partial charge in [-0.15, -0.1) is 0 Å². The maximum atomic E-state index is 13.1. The minimum Gasteiger partial charge on any atom is -0.352 e. The van der Waals surface area contributed by atoms with Gasteiger partial charge in [-0.05, 0) is 80.5 Å². The smallest absolute Gasteiger partial charge is 0.244 e. The first-order valence-electron chi connectivity index (χ1n) is 11.9. The first kappa shape index (κ1) is 23.7. The number of hydrogen-bond acceptors (Lipinski definition) is 4. The molecular formula is C28H28N6OS. The average molecular weight is 497 g/mol. The summed E-state index contributed by atoms with van der Waals surface area (Å²) >= 11 is 5.76. The summed E-state index contributed by atoms with van der Waals surface area (Å²) in [5.41, 5.74) is 5.91. The van der Waals surface area contributed by atoms with Crippen LogP contribution in [0.4, 0.5) is 5.69 Å². The van der Waals surface area contributed by atoms with Gasteiger partial charge in [-0.2, -0.15) is 0 Å². The molecule has 0 spiro atoms. The summed E-state index contributed by atoms with van der Waals surface area (Å²) in [6.45, 7) is 6.34. The third-order valence-electron chi connectivity index (χ3n) is 6.55. The van der Waals surface area contributed by atoms with Crippen molar-refractivity contribution in [2.45, 2.75) is 32.9 Å². The summed E-state index contributed by atoms with van der Waals surface area (Å²) in [6, 6.07) is 21.0. The predicted octanol–water partition coefficient (Wildman–Crippen LogP) is 4.80. The number of rotatable bonds is 6. The number of aromatic nitrogens is 3. The number of pyridine rings is 2. The highest BCUT2D eigenvalue weighted by atomic mass is 32.1. The Hall–Kier alpha value is -4.04. The molecule has 182 valence electrons. The van der Waals surface area contributed by atoms with Crippen LogP contribution in [0.2, 0.25) is 0 Å². The van der Waals surface area contributed by atoms with E-state index >= 15 is 0 Å². The van der Waals surface area contributed by atoms with Gasteiger partial charge in [0.1, 0.15) is 12.4 Å². The SMILES string of the molecule is Cc1cccnc1-n1c(C)cc([C@@H]2[C@@H](c3ccccn3)NC(=S)N2CC(=O)Nc2ccccc2)c1C. The molecular weight excluding hydrogens is 468 g/mol. The van der Waals surface area contributed by atoms with Gasteiger partial charge in [-0.3, -0.25) is 9.78 Å². The monoisotopic (exact) mass is 496 g/mol. The Morgan fingerprint density at radius 1 is 1.00 bits per heavy atom. The average Bonchev–Trinajstić information content (AvgIpc) is 3.35. The molecule has 0 radical (unpaired) electrons. The van der Waals surface area contributed by atoms with E-state index in [0.29, 0.717) is 5.11 Å². The molecule has 0 saturated carbocycles.